The van der Waals surface area contributed by atoms with Crippen LogP contribution in [0.5, 0.6) is 0 Å². The molecule has 0 atom stereocenters. The molecule has 2 N–H and O–H groups in total. The van der Waals surface area contributed by atoms with Gasteiger partial charge in [-0.25, -0.2) is 13.1 Å². The van der Waals surface area contributed by atoms with Gasteiger partial charge in [0.05, 0.1) is 4.90 Å². The molecule has 1 heterocycles. The van der Waals surface area contributed by atoms with Gasteiger partial charge in [0.1, 0.15) is 0 Å². The highest BCUT2D eigenvalue weighted by atomic mass is 79.9. The van der Waals surface area contributed by atoms with E-state index in [1.54, 1.807) is 18.2 Å². The molecule has 0 saturated heterocycles. The monoisotopic (exact) mass is 416 g/mol. The minimum atomic E-state index is -3.53. The predicted octanol–water partition coefficient (Wildman–Crippen LogP) is 3.26. The summed E-state index contributed by atoms with van der Waals surface area (Å²) >= 11 is 3.32. The Balaban J connectivity index is 0.00000192. The fourth-order valence-corrected chi connectivity index (χ4v) is 4.75. The quantitative estimate of drug-likeness (QED) is 0.803. The molecule has 23 heavy (non-hydrogen) atoms. The van der Waals surface area contributed by atoms with E-state index in [4.69, 9.17) is 0 Å². The molecule has 0 aliphatic carbocycles. The molecule has 2 aromatic carbocycles. The largest absolute Gasteiger partial charge is 0.309 e. The highest BCUT2D eigenvalue weighted by Gasteiger charge is 2.18. The average Bonchev–Trinajstić information content (AvgIpc) is 2.92. The van der Waals surface area contributed by atoms with Crippen molar-refractivity contribution in [3.05, 3.63) is 63.1 Å². The molecule has 1 aliphatic heterocycles. The molecule has 0 aromatic heterocycles. The van der Waals surface area contributed by atoms with E-state index in [1.165, 1.54) is 11.1 Å². The maximum Gasteiger partial charge on any atom is 0.241 e. The van der Waals surface area contributed by atoms with Crippen molar-refractivity contribution >= 4 is 38.4 Å². The Kier molecular flexibility index (Phi) is 5.86. The third kappa shape index (κ3) is 4.14. The van der Waals surface area contributed by atoms with Gasteiger partial charge in [-0.1, -0.05) is 24.3 Å². The van der Waals surface area contributed by atoms with Gasteiger partial charge in [-0.2, -0.15) is 0 Å². The van der Waals surface area contributed by atoms with Gasteiger partial charge in [-0.15, -0.1) is 12.4 Å². The van der Waals surface area contributed by atoms with E-state index in [2.05, 4.69) is 38.1 Å². The van der Waals surface area contributed by atoms with Gasteiger partial charge in [0, 0.05) is 24.1 Å². The third-order valence-electron chi connectivity index (χ3n) is 3.74. The molecule has 124 valence electrons. The van der Waals surface area contributed by atoms with E-state index in [0.717, 1.165) is 24.2 Å². The lowest BCUT2D eigenvalue weighted by Crippen LogP contribution is -2.23. The summed E-state index contributed by atoms with van der Waals surface area (Å²) in [5.74, 6) is 0. The number of aryl methyl sites for hydroxylation is 1. The van der Waals surface area contributed by atoms with E-state index in [1.807, 2.05) is 13.0 Å². The van der Waals surface area contributed by atoms with Gasteiger partial charge in [0.2, 0.25) is 10.0 Å². The van der Waals surface area contributed by atoms with Crippen LogP contribution in [-0.2, 0) is 29.7 Å². The maximum absolute atomic E-state index is 12.4. The van der Waals surface area contributed by atoms with E-state index >= 15 is 0 Å². The standard InChI is InChI=1S/C16H17BrN2O2S.ClH/c1-11-2-5-16(15(17)6-11)22(20,21)19-8-12-3-4-13-9-18-10-14(13)7-12;/h2-7,18-19H,8-10H2,1H3;1H. The van der Waals surface area contributed by atoms with Crippen LogP contribution in [0.2, 0.25) is 0 Å². The zero-order chi connectivity index (χ0) is 15.7. The Bertz CT molecular complexity index is 825. The lowest BCUT2D eigenvalue weighted by Gasteiger charge is -2.10. The Morgan fingerprint density at radius 1 is 1.13 bits per heavy atom. The van der Waals surface area contributed by atoms with Gasteiger partial charge < -0.3 is 5.32 Å². The number of halogens is 2. The van der Waals surface area contributed by atoms with Crippen LogP contribution >= 0.6 is 28.3 Å². The van der Waals surface area contributed by atoms with Crippen molar-refractivity contribution in [2.75, 3.05) is 0 Å². The molecule has 0 fully saturated rings. The first kappa shape index (κ1) is 18.4. The molecule has 1 aliphatic rings. The van der Waals surface area contributed by atoms with Gasteiger partial charge in [-0.3, -0.25) is 0 Å². The summed E-state index contributed by atoms with van der Waals surface area (Å²) in [6.45, 7) is 3.94. The molecule has 0 spiro atoms. The van der Waals surface area contributed by atoms with Crippen LogP contribution in [0, 0.1) is 6.92 Å². The van der Waals surface area contributed by atoms with Crippen molar-refractivity contribution in [2.45, 2.75) is 31.5 Å². The maximum atomic E-state index is 12.4. The van der Waals surface area contributed by atoms with Gasteiger partial charge >= 0.3 is 0 Å². The number of rotatable bonds is 4. The van der Waals surface area contributed by atoms with Crippen LogP contribution in [0.15, 0.2) is 45.8 Å². The molecule has 0 unspecified atom stereocenters. The van der Waals surface area contributed by atoms with Crippen molar-refractivity contribution in [3.8, 4) is 0 Å². The van der Waals surface area contributed by atoms with Crippen LogP contribution < -0.4 is 10.0 Å². The van der Waals surface area contributed by atoms with Crippen LogP contribution in [-0.4, -0.2) is 8.42 Å². The van der Waals surface area contributed by atoms with Gasteiger partial charge in [0.15, 0.2) is 0 Å². The summed E-state index contributed by atoms with van der Waals surface area (Å²) < 4.78 is 28.1. The van der Waals surface area contributed by atoms with E-state index < -0.39 is 10.0 Å². The lowest BCUT2D eigenvalue weighted by molar-refractivity contribution is 0.581. The van der Waals surface area contributed by atoms with E-state index in [9.17, 15) is 8.42 Å². The lowest BCUT2D eigenvalue weighted by atomic mass is 10.1. The second-order valence-corrected chi connectivity index (χ2v) is 8.05. The summed E-state index contributed by atoms with van der Waals surface area (Å²) in [6.07, 6.45) is 0. The van der Waals surface area contributed by atoms with Crippen molar-refractivity contribution < 1.29 is 8.42 Å². The predicted molar refractivity (Wildman–Crippen MR) is 97.1 cm³/mol. The molecule has 3 rings (SSSR count). The van der Waals surface area contributed by atoms with Gasteiger partial charge in [-0.05, 0) is 57.2 Å². The number of benzene rings is 2. The first-order valence-electron chi connectivity index (χ1n) is 7.03. The molecule has 0 saturated carbocycles. The summed E-state index contributed by atoms with van der Waals surface area (Å²) in [7, 11) is -3.53. The number of fused-ring (bicyclic) bond motifs is 1. The molecule has 0 bridgehead atoms. The number of sulfonamides is 1. The third-order valence-corrected chi connectivity index (χ3v) is 6.12. The second kappa shape index (κ2) is 7.32. The molecular formula is C16H18BrClN2O2S. The van der Waals surface area contributed by atoms with Gasteiger partial charge in [0.25, 0.3) is 0 Å². The highest BCUT2D eigenvalue weighted by molar-refractivity contribution is 9.10. The summed E-state index contributed by atoms with van der Waals surface area (Å²) in [4.78, 5) is 0.265. The number of nitrogens with one attached hydrogen (secondary N) is 2. The van der Waals surface area contributed by atoms with Crippen LogP contribution in [0.1, 0.15) is 22.3 Å². The molecular weight excluding hydrogens is 400 g/mol. The fraction of sp³-hybridized carbons (Fsp3) is 0.250. The normalized spacial score (nSPS) is 13.5. The Labute approximate surface area is 151 Å². The average molecular weight is 418 g/mol. The summed E-state index contributed by atoms with van der Waals surface area (Å²) in [5, 5.41) is 3.28. The van der Waals surface area contributed by atoms with Crippen molar-refractivity contribution in [1.29, 1.82) is 0 Å². The first-order valence-corrected chi connectivity index (χ1v) is 9.30. The van der Waals surface area contributed by atoms with Crippen molar-refractivity contribution in [1.82, 2.24) is 10.0 Å². The van der Waals surface area contributed by atoms with Crippen LogP contribution in [0.25, 0.3) is 0 Å². The topological polar surface area (TPSA) is 58.2 Å². The zero-order valence-corrected chi connectivity index (χ0v) is 15.8. The Hall–Kier alpha value is -0.920. The number of hydrogen-bond donors (Lipinski definition) is 2. The minimum absolute atomic E-state index is 0. The van der Waals surface area contributed by atoms with Crippen molar-refractivity contribution in [3.63, 3.8) is 0 Å². The Morgan fingerprint density at radius 3 is 2.61 bits per heavy atom. The van der Waals surface area contributed by atoms with E-state index in [-0.39, 0.29) is 23.8 Å². The molecule has 4 nitrogen and oxygen atoms in total. The van der Waals surface area contributed by atoms with Crippen LogP contribution in [0.3, 0.4) is 0 Å². The smallest absolute Gasteiger partial charge is 0.241 e. The molecule has 7 heteroatoms. The minimum Gasteiger partial charge on any atom is -0.309 e. The SMILES string of the molecule is Cc1ccc(S(=O)(=O)NCc2ccc3c(c2)CNC3)c(Br)c1.Cl. The highest BCUT2D eigenvalue weighted by Crippen LogP contribution is 2.23. The Morgan fingerprint density at radius 2 is 1.87 bits per heavy atom. The van der Waals surface area contributed by atoms with Crippen LogP contribution in [0.4, 0.5) is 0 Å². The summed E-state index contributed by atoms with van der Waals surface area (Å²) in [5.41, 5.74) is 4.51. The first-order chi connectivity index (χ1) is 10.5. The zero-order valence-electron chi connectivity index (χ0n) is 12.6. The summed E-state index contributed by atoms with van der Waals surface area (Å²) in [6, 6.07) is 11.3. The second-order valence-electron chi connectivity index (χ2n) is 5.47. The number of hydrogen-bond acceptors (Lipinski definition) is 3. The fourth-order valence-electron chi connectivity index (χ4n) is 2.54. The van der Waals surface area contributed by atoms with E-state index in [0.29, 0.717) is 4.47 Å². The molecule has 0 amide bonds. The molecule has 0 radical (unpaired) electrons. The van der Waals surface area contributed by atoms with Crippen molar-refractivity contribution in [2.24, 2.45) is 0 Å². The molecule has 2 aromatic rings.